The van der Waals surface area contributed by atoms with Crippen LogP contribution in [0.1, 0.15) is 30.4 Å². The molecule has 4 heterocycles. The number of carbonyl (C=O) groups is 1. The minimum atomic E-state index is -3.44. The van der Waals surface area contributed by atoms with Crippen LogP contribution in [-0.2, 0) is 14.8 Å². The Labute approximate surface area is 196 Å². The van der Waals surface area contributed by atoms with E-state index < -0.39 is 10.0 Å². The Morgan fingerprint density at radius 1 is 1.26 bits per heavy atom. The van der Waals surface area contributed by atoms with E-state index in [1.807, 2.05) is 19.1 Å². The van der Waals surface area contributed by atoms with Gasteiger partial charge in [0, 0.05) is 41.7 Å². The van der Waals surface area contributed by atoms with Gasteiger partial charge < -0.3 is 11.1 Å². The van der Waals surface area contributed by atoms with Gasteiger partial charge in [-0.05, 0) is 60.9 Å². The number of hydrogen-bond acceptors (Lipinski definition) is 8. The third-order valence-corrected chi connectivity index (χ3v) is 7.60. The van der Waals surface area contributed by atoms with E-state index in [0.29, 0.717) is 29.1 Å². The molecular formula is C23H23N7O3S. The monoisotopic (exact) mass is 477 g/mol. The highest BCUT2D eigenvalue weighted by Crippen LogP contribution is 2.48. The number of rotatable bonds is 6. The van der Waals surface area contributed by atoms with Crippen LogP contribution in [0.3, 0.4) is 0 Å². The van der Waals surface area contributed by atoms with Crippen LogP contribution in [0.15, 0.2) is 49.2 Å². The van der Waals surface area contributed by atoms with Crippen LogP contribution in [0.4, 0.5) is 11.6 Å². The number of nitrogens with one attached hydrogen (secondary N) is 1. The smallest absolute Gasteiger partial charge is 0.253 e. The van der Waals surface area contributed by atoms with Crippen LogP contribution in [0.25, 0.3) is 22.0 Å². The van der Waals surface area contributed by atoms with Crippen LogP contribution >= 0.6 is 0 Å². The molecular weight excluding hydrogens is 454 g/mol. The van der Waals surface area contributed by atoms with Crippen molar-refractivity contribution in [2.45, 2.75) is 26.2 Å². The fraction of sp³-hybridized carbons (Fsp3) is 0.261. The van der Waals surface area contributed by atoms with E-state index in [0.717, 1.165) is 26.2 Å². The Bertz CT molecular complexity index is 1530. The fourth-order valence-electron chi connectivity index (χ4n) is 3.98. The zero-order valence-corrected chi connectivity index (χ0v) is 19.5. The van der Waals surface area contributed by atoms with Crippen molar-refractivity contribution in [3.05, 3.63) is 60.3 Å². The van der Waals surface area contributed by atoms with E-state index in [9.17, 15) is 13.2 Å². The summed E-state index contributed by atoms with van der Waals surface area (Å²) in [6.45, 7) is 3.54. The molecule has 0 aromatic carbocycles. The van der Waals surface area contributed by atoms with E-state index in [1.165, 1.54) is 12.4 Å². The van der Waals surface area contributed by atoms with Gasteiger partial charge in [-0.25, -0.2) is 18.4 Å². The Kier molecular flexibility index (Phi) is 5.28. The molecule has 5 rings (SSSR count). The Hall–Kier alpha value is -3.86. The van der Waals surface area contributed by atoms with Crippen molar-refractivity contribution >= 4 is 38.3 Å². The van der Waals surface area contributed by atoms with Gasteiger partial charge in [0.05, 0.1) is 17.6 Å². The van der Waals surface area contributed by atoms with Gasteiger partial charge in [-0.1, -0.05) is 0 Å². The number of aryl methyl sites for hydroxylation is 1. The van der Waals surface area contributed by atoms with Crippen molar-refractivity contribution < 1.29 is 13.2 Å². The van der Waals surface area contributed by atoms with Crippen LogP contribution in [0.5, 0.6) is 0 Å². The number of nitrogen functional groups attached to an aromatic ring is 1. The number of nitrogens with two attached hydrogens (primary N) is 1. The maximum atomic E-state index is 12.8. The summed E-state index contributed by atoms with van der Waals surface area (Å²) in [5.41, 5.74) is 9.51. The summed E-state index contributed by atoms with van der Waals surface area (Å²) >= 11 is 0. The van der Waals surface area contributed by atoms with Crippen LogP contribution in [0, 0.1) is 12.8 Å². The molecule has 1 amide bonds. The lowest BCUT2D eigenvalue weighted by Crippen LogP contribution is -2.16. The number of fused-ring (bicyclic) bond motifs is 1. The van der Waals surface area contributed by atoms with E-state index in [1.54, 1.807) is 31.6 Å². The first-order chi connectivity index (χ1) is 16.3. The van der Waals surface area contributed by atoms with Crippen LogP contribution < -0.4 is 11.1 Å². The van der Waals surface area contributed by atoms with E-state index >= 15 is 0 Å². The minimum absolute atomic E-state index is 0.0432. The molecule has 1 aliphatic carbocycles. The second-order valence-corrected chi connectivity index (χ2v) is 10.5. The first kappa shape index (κ1) is 22.0. The third-order valence-electron chi connectivity index (χ3n) is 6.10. The van der Waals surface area contributed by atoms with Gasteiger partial charge in [0.25, 0.3) is 10.0 Å². The topological polar surface area (TPSA) is 146 Å². The molecule has 0 radical (unpaired) electrons. The van der Waals surface area contributed by atoms with E-state index in [-0.39, 0.29) is 23.5 Å². The molecule has 0 aliphatic heterocycles. The van der Waals surface area contributed by atoms with Crippen molar-refractivity contribution in [3.63, 3.8) is 0 Å². The van der Waals surface area contributed by atoms with Crippen molar-refractivity contribution in [2.24, 2.45) is 5.92 Å². The highest BCUT2D eigenvalue weighted by Gasteiger charge is 2.45. The molecule has 1 fully saturated rings. The van der Waals surface area contributed by atoms with Crippen molar-refractivity contribution in [2.75, 3.05) is 16.8 Å². The third kappa shape index (κ3) is 3.98. The number of amides is 1. The van der Waals surface area contributed by atoms with E-state index in [4.69, 9.17) is 5.73 Å². The lowest BCUT2D eigenvalue weighted by atomic mass is 10.1. The summed E-state index contributed by atoms with van der Waals surface area (Å²) in [5, 5.41) is 8.30. The molecule has 1 aliphatic rings. The zero-order chi connectivity index (χ0) is 24.0. The summed E-state index contributed by atoms with van der Waals surface area (Å²) < 4.78 is 24.9. The van der Waals surface area contributed by atoms with Crippen LogP contribution in [-0.4, -0.2) is 44.2 Å². The van der Waals surface area contributed by atoms with Gasteiger partial charge in [0.2, 0.25) is 5.91 Å². The number of nitrogens with zero attached hydrogens (tertiary/aromatic N) is 5. The molecule has 0 bridgehead atoms. The number of anilines is 2. The predicted molar refractivity (Wildman–Crippen MR) is 128 cm³/mol. The number of aromatic nitrogens is 5. The molecule has 0 unspecified atom stereocenters. The molecule has 174 valence electrons. The Morgan fingerprint density at radius 2 is 2.09 bits per heavy atom. The van der Waals surface area contributed by atoms with Crippen molar-refractivity contribution in [1.29, 1.82) is 0 Å². The molecule has 0 spiro atoms. The standard InChI is InChI=1S/C23H23N7O3S/c1-3-34(32,33)30-12-15(9-27-30)16-8-17(16)23(31)29-21-7-14-6-20(18-10-25-5-4-13(18)2)28-22(24)19(14)11-26-21/h4-7,9-12,16-17H,3,8H2,1-2H3,(H2,24,28)(H,26,29,31)/t16-,17+/m1/s1. The Morgan fingerprint density at radius 3 is 2.85 bits per heavy atom. The zero-order valence-electron chi connectivity index (χ0n) is 18.6. The van der Waals surface area contributed by atoms with Crippen molar-refractivity contribution in [1.82, 2.24) is 24.1 Å². The lowest BCUT2D eigenvalue weighted by molar-refractivity contribution is -0.117. The summed E-state index contributed by atoms with van der Waals surface area (Å²) in [4.78, 5) is 25.8. The Balaban J connectivity index is 1.35. The largest absolute Gasteiger partial charge is 0.383 e. The quantitative estimate of drug-likeness (QED) is 0.431. The lowest BCUT2D eigenvalue weighted by Gasteiger charge is -2.10. The van der Waals surface area contributed by atoms with Gasteiger partial charge in [0.1, 0.15) is 11.6 Å². The normalized spacial score (nSPS) is 17.6. The highest BCUT2D eigenvalue weighted by molar-refractivity contribution is 7.89. The minimum Gasteiger partial charge on any atom is -0.383 e. The molecule has 3 N–H and O–H groups in total. The van der Waals surface area contributed by atoms with Gasteiger partial charge >= 0.3 is 0 Å². The molecule has 0 saturated heterocycles. The summed E-state index contributed by atoms with van der Waals surface area (Å²) in [7, 11) is -3.44. The first-order valence-corrected chi connectivity index (χ1v) is 12.4. The van der Waals surface area contributed by atoms with Crippen LogP contribution in [0.2, 0.25) is 0 Å². The predicted octanol–water partition coefficient (Wildman–Crippen LogP) is 2.72. The molecule has 2 atom stereocenters. The van der Waals surface area contributed by atoms with Gasteiger partial charge in [0.15, 0.2) is 0 Å². The highest BCUT2D eigenvalue weighted by atomic mass is 32.2. The molecule has 4 aromatic rings. The average Bonchev–Trinajstić information content (AvgIpc) is 3.46. The summed E-state index contributed by atoms with van der Waals surface area (Å²) in [6.07, 6.45) is 8.68. The summed E-state index contributed by atoms with van der Waals surface area (Å²) in [5.74, 6) is 0.206. The first-order valence-electron chi connectivity index (χ1n) is 10.8. The molecule has 1 saturated carbocycles. The van der Waals surface area contributed by atoms with E-state index in [2.05, 4.69) is 25.4 Å². The molecule has 10 nitrogen and oxygen atoms in total. The molecule has 34 heavy (non-hydrogen) atoms. The van der Waals surface area contributed by atoms with Crippen molar-refractivity contribution in [3.8, 4) is 11.3 Å². The fourth-order valence-corrected chi connectivity index (χ4v) is 4.72. The SMILES string of the molecule is CCS(=O)(=O)n1cc([C@H]2C[C@@H]2C(=O)Nc2cc3cc(-c4cnccc4C)nc(N)c3cn2)cn1. The summed E-state index contributed by atoms with van der Waals surface area (Å²) in [6, 6.07) is 5.57. The maximum Gasteiger partial charge on any atom is 0.253 e. The number of carbonyl (C=O) groups excluding carboxylic acids is 1. The molecule has 11 heteroatoms. The van der Waals surface area contributed by atoms with Gasteiger partial charge in [-0.15, -0.1) is 0 Å². The second kappa shape index (κ2) is 8.17. The maximum absolute atomic E-state index is 12.8. The second-order valence-electron chi connectivity index (χ2n) is 8.36. The number of hydrogen-bond donors (Lipinski definition) is 2. The van der Waals surface area contributed by atoms with Gasteiger partial charge in [-0.3, -0.25) is 9.78 Å². The molecule has 4 aromatic heterocycles. The average molecular weight is 478 g/mol. The number of pyridine rings is 3. The van der Waals surface area contributed by atoms with Gasteiger partial charge in [-0.2, -0.15) is 9.19 Å².